The van der Waals surface area contributed by atoms with Crippen molar-refractivity contribution in [2.75, 3.05) is 0 Å². The molecule has 2 aromatic heterocycles. The van der Waals surface area contributed by atoms with E-state index in [1.807, 2.05) is 29.5 Å². The number of hydrogen-bond acceptors (Lipinski definition) is 3. The highest BCUT2D eigenvalue weighted by Crippen LogP contribution is 2.55. The van der Waals surface area contributed by atoms with Gasteiger partial charge in [-0.15, -0.1) is 11.3 Å². The van der Waals surface area contributed by atoms with Crippen molar-refractivity contribution in [2.45, 2.75) is 12.3 Å². The molecule has 3 heteroatoms. The van der Waals surface area contributed by atoms with Crippen LogP contribution in [0.25, 0.3) is 76.3 Å². The number of benzene rings is 7. The summed E-state index contributed by atoms with van der Waals surface area (Å²) in [5.74, 6) is 0.722. The van der Waals surface area contributed by atoms with Crippen LogP contribution in [-0.4, -0.2) is 9.97 Å². The number of rotatable bonds is 5. The fourth-order valence-electron chi connectivity index (χ4n) is 8.03. The zero-order chi connectivity index (χ0) is 33.9. The summed E-state index contributed by atoms with van der Waals surface area (Å²) in [6.07, 6.45) is 0. The molecule has 7 aromatic carbocycles. The Kier molecular flexibility index (Phi) is 6.83. The van der Waals surface area contributed by atoms with Gasteiger partial charge < -0.3 is 0 Å². The highest BCUT2D eigenvalue weighted by atomic mass is 32.1. The van der Waals surface area contributed by atoms with Gasteiger partial charge in [-0.2, -0.15) is 0 Å². The van der Waals surface area contributed by atoms with Crippen LogP contribution in [0.4, 0.5) is 0 Å². The Morgan fingerprint density at radius 2 is 1.04 bits per heavy atom. The van der Waals surface area contributed by atoms with Gasteiger partial charge in [0, 0.05) is 42.3 Å². The van der Waals surface area contributed by atoms with E-state index in [4.69, 9.17) is 9.97 Å². The maximum Gasteiger partial charge on any atom is 0.160 e. The summed E-state index contributed by atoms with van der Waals surface area (Å²) in [6, 6.07) is 63.3. The molecule has 1 atom stereocenters. The molecule has 240 valence electrons. The van der Waals surface area contributed by atoms with Gasteiger partial charge in [-0.05, 0) is 70.1 Å². The number of aromatic nitrogens is 2. The van der Waals surface area contributed by atoms with E-state index >= 15 is 0 Å². The Labute approximate surface area is 301 Å². The molecule has 0 aliphatic heterocycles. The predicted octanol–water partition coefficient (Wildman–Crippen LogP) is 12.8. The first kappa shape index (κ1) is 29.7. The lowest BCUT2D eigenvalue weighted by Gasteiger charge is -2.28. The van der Waals surface area contributed by atoms with Crippen molar-refractivity contribution < 1.29 is 0 Å². The van der Waals surface area contributed by atoms with Crippen LogP contribution >= 0.6 is 11.3 Å². The quantitative estimate of drug-likeness (QED) is 0.182. The monoisotopic (exact) mass is 668 g/mol. The smallest absolute Gasteiger partial charge is 0.160 e. The number of thiophene rings is 1. The largest absolute Gasteiger partial charge is 0.228 e. The molecule has 1 unspecified atom stereocenters. The minimum atomic E-state index is -0.230. The summed E-state index contributed by atoms with van der Waals surface area (Å²) >= 11 is 1.83. The molecule has 0 N–H and O–H groups in total. The average molecular weight is 669 g/mol. The van der Waals surface area contributed by atoms with Gasteiger partial charge in [-0.1, -0.05) is 152 Å². The van der Waals surface area contributed by atoms with Crippen molar-refractivity contribution in [3.05, 3.63) is 193 Å². The summed E-state index contributed by atoms with van der Waals surface area (Å²) in [6.45, 7) is 2.37. The van der Waals surface area contributed by atoms with Crippen LogP contribution in [0.15, 0.2) is 176 Å². The number of hydrogen-bond donors (Lipinski definition) is 0. The second-order valence-corrected chi connectivity index (χ2v) is 14.6. The van der Waals surface area contributed by atoms with E-state index in [-0.39, 0.29) is 5.41 Å². The molecule has 1 aliphatic rings. The molecule has 1 aliphatic carbocycles. The molecular weight excluding hydrogens is 637 g/mol. The first-order chi connectivity index (χ1) is 25.1. The zero-order valence-electron chi connectivity index (χ0n) is 28.0. The number of nitrogens with zero attached hydrogens (tertiary/aromatic N) is 2. The summed E-state index contributed by atoms with van der Waals surface area (Å²) in [5, 5.41) is 2.55. The summed E-state index contributed by atoms with van der Waals surface area (Å²) in [4.78, 5) is 10.3. The summed E-state index contributed by atoms with van der Waals surface area (Å²) in [5.41, 5.74) is 13.8. The maximum absolute atomic E-state index is 5.14. The van der Waals surface area contributed by atoms with E-state index in [0.29, 0.717) is 0 Å². The van der Waals surface area contributed by atoms with Gasteiger partial charge in [-0.3, -0.25) is 0 Å². The normalized spacial score (nSPS) is 14.8. The van der Waals surface area contributed by atoms with Crippen LogP contribution in [-0.2, 0) is 5.41 Å². The van der Waals surface area contributed by atoms with E-state index < -0.39 is 0 Å². The molecule has 2 heterocycles. The van der Waals surface area contributed by atoms with Gasteiger partial charge in [0.25, 0.3) is 0 Å². The van der Waals surface area contributed by atoms with Crippen molar-refractivity contribution in [1.29, 1.82) is 0 Å². The highest BCUT2D eigenvalue weighted by Gasteiger charge is 2.41. The van der Waals surface area contributed by atoms with Gasteiger partial charge in [0.2, 0.25) is 0 Å². The molecule has 0 bridgehead atoms. The Hall–Kier alpha value is -6.16. The second-order valence-electron chi connectivity index (χ2n) is 13.5. The number of fused-ring (bicyclic) bond motifs is 6. The summed E-state index contributed by atoms with van der Waals surface area (Å²) in [7, 11) is 0. The van der Waals surface area contributed by atoms with Gasteiger partial charge in [0.1, 0.15) is 0 Å². The van der Waals surface area contributed by atoms with E-state index in [0.717, 1.165) is 33.9 Å². The Balaban J connectivity index is 1.09. The van der Waals surface area contributed by atoms with E-state index in [1.165, 1.54) is 59.1 Å². The lowest BCUT2D eigenvalue weighted by molar-refractivity contribution is 0.714. The van der Waals surface area contributed by atoms with Crippen molar-refractivity contribution in [3.8, 4) is 56.2 Å². The van der Waals surface area contributed by atoms with Crippen molar-refractivity contribution in [3.63, 3.8) is 0 Å². The minimum absolute atomic E-state index is 0.230. The van der Waals surface area contributed by atoms with Crippen molar-refractivity contribution in [1.82, 2.24) is 9.97 Å². The highest BCUT2D eigenvalue weighted by molar-refractivity contribution is 7.25. The Morgan fingerprint density at radius 3 is 1.86 bits per heavy atom. The lowest BCUT2D eigenvalue weighted by Crippen LogP contribution is -2.22. The van der Waals surface area contributed by atoms with Crippen LogP contribution in [0, 0.1) is 0 Å². The predicted molar refractivity (Wildman–Crippen MR) is 214 cm³/mol. The van der Waals surface area contributed by atoms with Gasteiger partial charge in [0.05, 0.1) is 11.4 Å². The third-order valence-electron chi connectivity index (χ3n) is 10.6. The molecule has 0 saturated carbocycles. The van der Waals surface area contributed by atoms with Crippen LogP contribution in [0.3, 0.4) is 0 Å². The Morgan fingerprint density at radius 1 is 0.431 bits per heavy atom. The van der Waals surface area contributed by atoms with Crippen LogP contribution in [0.5, 0.6) is 0 Å². The topological polar surface area (TPSA) is 25.8 Å². The summed E-state index contributed by atoms with van der Waals surface area (Å²) < 4.78 is 2.59. The SMILES string of the molecule is CC1(c2ccccc2)c2ccccc2-c2c(-c3ccc(-c4cc(-c5ccc6sc7ccccc7c6c5)nc(-c5ccccc5)n4)cc3)cccc21. The van der Waals surface area contributed by atoms with Crippen LogP contribution < -0.4 is 0 Å². The lowest BCUT2D eigenvalue weighted by atomic mass is 9.74. The molecule has 0 spiro atoms. The molecular formula is C48H32N2S. The van der Waals surface area contributed by atoms with Gasteiger partial charge >= 0.3 is 0 Å². The fraction of sp³-hybridized carbons (Fsp3) is 0.0417. The van der Waals surface area contributed by atoms with Crippen molar-refractivity contribution in [2.24, 2.45) is 0 Å². The molecule has 0 fully saturated rings. The molecule has 10 rings (SSSR count). The first-order valence-electron chi connectivity index (χ1n) is 17.4. The van der Waals surface area contributed by atoms with E-state index in [9.17, 15) is 0 Å². The molecule has 0 radical (unpaired) electrons. The molecule has 9 aromatic rings. The van der Waals surface area contributed by atoms with E-state index in [1.54, 1.807) is 0 Å². The van der Waals surface area contributed by atoms with Gasteiger partial charge in [0.15, 0.2) is 5.82 Å². The average Bonchev–Trinajstić information content (AvgIpc) is 3.71. The minimum Gasteiger partial charge on any atom is -0.228 e. The third-order valence-corrected chi connectivity index (χ3v) is 11.8. The van der Waals surface area contributed by atoms with Crippen molar-refractivity contribution >= 4 is 31.5 Å². The van der Waals surface area contributed by atoms with Crippen LogP contribution in [0.2, 0.25) is 0 Å². The van der Waals surface area contributed by atoms with Gasteiger partial charge in [-0.25, -0.2) is 9.97 Å². The standard InChI is InChI=1S/C48H32N2S/c1-48(35-15-6-3-7-16-35)40-20-10-8-18-38(40)46-36(19-12-21-41(46)48)31-23-25-32(26-24-31)42-30-43(50-47(49-42)33-13-4-2-5-14-33)34-27-28-45-39(29-34)37-17-9-11-22-44(37)51-45/h2-30H,1H3. The first-order valence-corrected chi connectivity index (χ1v) is 18.2. The fourth-order valence-corrected chi connectivity index (χ4v) is 9.12. The second kappa shape index (κ2) is 11.7. The van der Waals surface area contributed by atoms with Crippen LogP contribution in [0.1, 0.15) is 23.6 Å². The Bertz CT molecular complexity index is 2750. The molecule has 2 nitrogen and oxygen atoms in total. The van der Waals surface area contributed by atoms with E-state index in [2.05, 4.69) is 165 Å². The molecule has 0 saturated heterocycles. The molecule has 51 heavy (non-hydrogen) atoms. The maximum atomic E-state index is 5.14. The zero-order valence-corrected chi connectivity index (χ0v) is 28.9. The molecule has 0 amide bonds. The third kappa shape index (κ3) is 4.77.